The van der Waals surface area contributed by atoms with E-state index in [1.165, 1.54) is 34.1 Å². The summed E-state index contributed by atoms with van der Waals surface area (Å²) in [5, 5.41) is 12.0. The quantitative estimate of drug-likeness (QED) is 0.810. The van der Waals surface area contributed by atoms with Crippen LogP contribution in [0, 0.1) is 5.41 Å². The number of carbonyl (C=O) groups is 2. The van der Waals surface area contributed by atoms with Gasteiger partial charge in [-0.05, 0) is 43.7 Å². The first-order chi connectivity index (χ1) is 13.3. The number of methoxy groups -OCH3 is 2. The van der Waals surface area contributed by atoms with E-state index in [1.807, 2.05) is 0 Å². The molecule has 7 nitrogen and oxygen atoms in total. The Balaban J connectivity index is 2.03. The summed E-state index contributed by atoms with van der Waals surface area (Å²) < 4.78 is 21.4. The van der Waals surface area contributed by atoms with Gasteiger partial charge >= 0.3 is 0 Å². The van der Waals surface area contributed by atoms with Gasteiger partial charge in [-0.3, -0.25) is 9.59 Å². The molecule has 1 N–H and O–H groups in total. The van der Waals surface area contributed by atoms with Crippen LogP contribution in [0.3, 0.4) is 0 Å². The molecule has 2 aromatic carbocycles. The summed E-state index contributed by atoms with van der Waals surface area (Å²) >= 11 is 0. The van der Waals surface area contributed by atoms with E-state index in [0.29, 0.717) is 34.1 Å². The molecule has 1 aliphatic carbocycles. The Labute approximate surface area is 161 Å². The maximum absolute atomic E-state index is 13.3. The second-order valence-corrected chi connectivity index (χ2v) is 7.04. The lowest BCUT2D eigenvalue weighted by Crippen LogP contribution is -2.49. The molecular formula is C21H20O7. The van der Waals surface area contributed by atoms with E-state index in [2.05, 4.69) is 0 Å². The Hall–Kier alpha value is -3.06. The number of hydrogen-bond acceptors (Lipinski definition) is 7. The molecule has 7 heteroatoms. The Morgan fingerprint density at radius 3 is 2.32 bits per heavy atom. The summed E-state index contributed by atoms with van der Waals surface area (Å²) in [5.41, 5.74) is -2.75. The lowest BCUT2D eigenvalue weighted by atomic mass is 9.67. The van der Waals surface area contributed by atoms with Crippen LogP contribution in [-0.2, 0) is 10.4 Å². The van der Waals surface area contributed by atoms with E-state index < -0.39 is 22.6 Å². The number of ketones is 2. The summed E-state index contributed by atoms with van der Waals surface area (Å²) in [7, 11) is 2.97. The molecule has 2 aromatic rings. The van der Waals surface area contributed by atoms with E-state index in [1.54, 1.807) is 24.3 Å². The third-order valence-corrected chi connectivity index (χ3v) is 5.83. The van der Waals surface area contributed by atoms with Crippen LogP contribution < -0.4 is 18.9 Å². The van der Waals surface area contributed by atoms with Crippen LogP contribution in [0.2, 0.25) is 0 Å². The maximum atomic E-state index is 13.3. The third-order valence-electron chi connectivity index (χ3n) is 5.83. The molecule has 0 fully saturated rings. The number of hydrogen-bond donors (Lipinski definition) is 1. The molecule has 1 heterocycles. The summed E-state index contributed by atoms with van der Waals surface area (Å²) in [6, 6.07) is 7.92. The monoisotopic (exact) mass is 384 g/mol. The predicted octanol–water partition coefficient (Wildman–Crippen LogP) is 2.46. The van der Waals surface area contributed by atoms with Gasteiger partial charge in [-0.1, -0.05) is 6.07 Å². The van der Waals surface area contributed by atoms with Gasteiger partial charge in [-0.15, -0.1) is 0 Å². The summed E-state index contributed by atoms with van der Waals surface area (Å²) in [6.07, 6.45) is 0. The first kappa shape index (κ1) is 18.3. The summed E-state index contributed by atoms with van der Waals surface area (Å²) in [4.78, 5) is 26.0. The Kier molecular flexibility index (Phi) is 3.90. The van der Waals surface area contributed by atoms with Gasteiger partial charge in [-0.2, -0.15) is 0 Å². The van der Waals surface area contributed by atoms with Crippen molar-refractivity contribution in [1.82, 2.24) is 0 Å². The molecule has 1 aliphatic heterocycles. The van der Waals surface area contributed by atoms with E-state index in [4.69, 9.17) is 18.9 Å². The minimum absolute atomic E-state index is 0.0329. The van der Waals surface area contributed by atoms with Gasteiger partial charge in [0.2, 0.25) is 6.79 Å². The Morgan fingerprint density at radius 1 is 1.07 bits per heavy atom. The minimum atomic E-state index is -1.91. The molecule has 0 spiro atoms. The van der Waals surface area contributed by atoms with Crippen LogP contribution in [0.4, 0.5) is 0 Å². The molecule has 0 saturated carbocycles. The number of carbonyl (C=O) groups excluding carboxylic acids is 2. The molecule has 28 heavy (non-hydrogen) atoms. The zero-order valence-corrected chi connectivity index (χ0v) is 16.0. The number of Topliss-reactive ketones (excluding diaryl/α,β-unsaturated/α-hetero) is 2. The minimum Gasteiger partial charge on any atom is -0.493 e. The van der Waals surface area contributed by atoms with Crippen molar-refractivity contribution in [2.24, 2.45) is 5.41 Å². The van der Waals surface area contributed by atoms with Gasteiger partial charge < -0.3 is 24.1 Å². The fourth-order valence-corrected chi connectivity index (χ4v) is 4.05. The largest absolute Gasteiger partial charge is 0.493 e. The lowest BCUT2D eigenvalue weighted by Gasteiger charge is -2.37. The molecule has 2 aliphatic rings. The normalized spacial score (nSPS) is 24.8. The number of fused-ring (bicyclic) bond motifs is 2. The molecule has 0 aromatic heterocycles. The van der Waals surface area contributed by atoms with Crippen molar-refractivity contribution in [3.8, 4) is 23.0 Å². The summed E-state index contributed by atoms with van der Waals surface area (Å²) in [6.45, 7) is 2.79. The molecule has 0 saturated heterocycles. The topological polar surface area (TPSA) is 91.3 Å². The number of ether oxygens (including phenoxy) is 4. The second-order valence-electron chi connectivity index (χ2n) is 7.04. The molecular weight excluding hydrogens is 364 g/mol. The van der Waals surface area contributed by atoms with Crippen LogP contribution >= 0.6 is 0 Å². The predicted molar refractivity (Wildman–Crippen MR) is 98.2 cm³/mol. The van der Waals surface area contributed by atoms with Crippen LogP contribution in [0.1, 0.15) is 35.3 Å². The Morgan fingerprint density at radius 2 is 1.71 bits per heavy atom. The van der Waals surface area contributed by atoms with Crippen molar-refractivity contribution in [1.29, 1.82) is 0 Å². The second kappa shape index (κ2) is 5.97. The van der Waals surface area contributed by atoms with Crippen molar-refractivity contribution < 1.29 is 33.6 Å². The van der Waals surface area contributed by atoms with E-state index >= 15 is 0 Å². The van der Waals surface area contributed by atoms with Crippen LogP contribution in [0.15, 0.2) is 30.3 Å². The van der Waals surface area contributed by atoms with Crippen molar-refractivity contribution in [3.05, 3.63) is 47.0 Å². The van der Waals surface area contributed by atoms with Crippen molar-refractivity contribution in [3.63, 3.8) is 0 Å². The highest BCUT2D eigenvalue weighted by Gasteiger charge is 2.64. The first-order valence-electron chi connectivity index (χ1n) is 8.73. The van der Waals surface area contributed by atoms with E-state index in [0.717, 1.165) is 0 Å². The molecule has 146 valence electrons. The van der Waals surface area contributed by atoms with Crippen LogP contribution in [-0.4, -0.2) is 37.7 Å². The van der Waals surface area contributed by atoms with Crippen LogP contribution in [0.25, 0.3) is 0 Å². The average molecular weight is 384 g/mol. The standard InChI is InChI=1S/C21H20O7/c1-11(22)20(2)19(23)13-8-17-18(28-10-27-17)9-14(13)21(20,24)12-5-6-15(25-3)16(7-12)26-4/h5-9,24H,10H2,1-4H3. The summed E-state index contributed by atoms with van der Waals surface area (Å²) in [5.74, 6) is 0.752. The van der Waals surface area contributed by atoms with Gasteiger partial charge in [-0.25, -0.2) is 0 Å². The lowest BCUT2D eigenvalue weighted by molar-refractivity contribution is -0.133. The fourth-order valence-electron chi connectivity index (χ4n) is 4.05. The van der Waals surface area contributed by atoms with Gasteiger partial charge in [0.15, 0.2) is 28.8 Å². The zero-order chi connectivity index (χ0) is 20.3. The number of rotatable bonds is 4. The van der Waals surface area contributed by atoms with Gasteiger partial charge in [0.05, 0.1) is 14.2 Å². The Bertz CT molecular complexity index is 1010. The maximum Gasteiger partial charge on any atom is 0.231 e. The fraction of sp³-hybridized carbons (Fsp3) is 0.333. The van der Waals surface area contributed by atoms with Crippen molar-refractivity contribution in [2.45, 2.75) is 19.4 Å². The van der Waals surface area contributed by atoms with Crippen molar-refractivity contribution >= 4 is 11.6 Å². The zero-order valence-electron chi connectivity index (χ0n) is 16.0. The number of aliphatic hydroxyl groups is 1. The van der Waals surface area contributed by atoms with Crippen LogP contribution in [0.5, 0.6) is 23.0 Å². The molecule has 0 amide bonds. The molecule has 2 unspecified atom stereocenters. The SMILES string of the molecule is COc1ccc(C2(O)c3cc4c(cc3C(=O)C2(C)C(C)=O)OCO4)cc1OC. The van der Waals surface area contributed by atoms with E-state index in [-0.39, 0.29) is 12.4 Å². The number of benzene rings is 2. The van der Waals surface area contributed by atoms with E-state index in [9.17, 15) is 14.7 Å². The third kappa shape index (κ3) is 2.08. The highest BCUT2D eigenvalue weighted by atomic mass is 16.7. The van der Waals surface area contributed by atoms with Gasteiger partial charge in [0, 0.05) is 11.1 Å². The molecule has 0 bridgehead atoms. The van der Waals surface area contributed by atoms with Gasteiger partial charge in [0.1, 0.15) is 16.8 Å². The molecule has 4 rings (SSSR count). The highest BCUT2D eigenvalue weighted by molar-refractivity contribution is 6.19. The highest BCUT2D eigenvalue weighted by Crippen LogP contribution is 2.57. The van der Waals surface area contributed by atoms with Crippen molar-refractivity contribution in [2.75, 3.05) is 21.0 Å². The molecule has 0 radical (unpaired) electrons. The smallest absolute Gasteiger partial charge is 0.231 e. The van der Waals surface area contributed by atoms with Gasteiger partial charge in [0.25, 0.3) is 0 Å². The molecule has 2 atom stereocenters. The first-order valence-corrected chi connectivity index (χ1v) is 8.73. The average Bonchev–Trinajstić information content (AvgIpc) is 3.23.